The van der Waals surface area contributed by atoms with Crippen molar-refractivity contribution < 1.29 is 4.74 Å². The van der Waals surface area contributed by atoms with E-state index in [2.05, 4.69) is 38.0 Å². The average molecular weight is 254 g/mol. The molecule has 0 radical (unpaired) electrons. The van der Waals surface area contributed by atoms with E-state index in [4.69, 9.17) is 4.74 Å². The summed E-state index contributed by atoms with van der Waals surface area (Å²) in [4.78, 5) is 2.43. The van der Waals surface area contributed by atoms with Crippen LogP contribution in [-0.2, 0) is 4.74 Å². The van der Waals surface area contributed by atoms with E-state index < -0.39 is 0 Å². The lowest BCUT2D eigenvalue weighted by atomic mass is 9.80. The van der Waals surface area contributed by atoms with E-state index in [-0.39, 0.29) is 5.60 Å². The Labute approximate surface area is 112 Å². The summed E-state index contributed by atoms with van der Waals surface area (Å²) < 4.78 is 6.02. The van der Waals surface area contributed by atoms with Crippen molar-refractivity contribution in [3.63, 3.8) is 0 Å². The number of likely N-dealkylation sites (tertiary alicyclic amines) is 1. The maximum atomic E-state index is 6.02. The zero-order valence-corrected chi connectivity index (χ0v) is 12.6. The molecule has 1 atom stereocenters. The first kappa shape index (κ1) is 14.3. The summed E-state index contributed by atoms with van der Waals surface area (Å²) in [7, 11) is 2.22. The predicted molar refractivity (Wildman–Crippen MR) is 75.9 cm³/mol. The SMILES string of the molecule is CN1CCC(C)(CNCC2CCC(C)(C)O2)CC1. The molecule has 3 heteroatoms. The van der Waals surface area contributed by atoms with Crippen LogP contribution in [0.2, 0.25) is 0 Å². The Kier molecular flexibility index (Phi) is 4.35. The first-order chi connectivity index (χ1) is 8.39. The van der Waals surface area contributed by atoms with Crippen LogP contribution in [-0.4, -0.2) is 49.8 Å². The number of hydrogen-bond acceptors (Lipinski definition) is 3. The monoisotopic (exact) mass is 254 g/mol. The Hall–Kier alpha value is -0.120. The van der Waals surface area contributed by atoms with Crippen molar-refractivity contribution in [2.24, 2.45) is 5.41 Å². The molecular weight excluding hydrogens is 224 g/mol. The Morgan fingerprint density at radius 3 is 2.39 bits per heavy atom. The number of rotatable bonds is 4. The summed E-state index contributed by atoms with van der Waals surface area (Å²) in [6.45, 7) is 11.5. The smallest absolute Gasteiger partial charge is 0.0707 e. The molecule has 2 heterocycles. The van der Waals surface area contributed by atoms with Crippen molar-refractivity contribution in [2.75, 3.05) is 33.2 Å². The van der Waals surface area contributed by atoms with Gasteiger partial charge in [-0.2, -0.15) is 0 Å². The van der Waals surface area contributed by atoms with Gasteiger partial charge in [0.1, 0.15) is 0 Å². The fourth-order valence-electron chi connectivity index (χ4n) is 3.09. The van der Waals surface area contributed by atoms with Gasteiger partial charge in [-0.1, -0.05) is 6.92 Å². The first-order valence-corrected chi connectivity index (χ1v) is 7.46. The second kappa shape index (κ2) is 5.48. The lowest BCUT2D eigenvalue weighted by Gasteiger charge is -2.38. The zero-order valence-electron chi connectivity index (χ0n) is 12.6. The minimum absolute atomic E-state index is 0.101. The summed E-state index contributed by atoms with van der Waals surface area (Å²) in [6.07, 6.45) is 5.46. The Balaban J connectivity index is 1.66. The van der Waals surface area contributed by atoms with Gasteiger partial charge in [0.25, 0.3) is 0 Å². The van der Waals surface area contributed by atoms with E-state index in [9.17, 15) is 0 Å². The molecule has 0 spiro atoms. The fourth-order valence-corrected chi connectivity index (χ4v) is 3.09. The van der Waals surface area contributed by atoms with Crippen LogP contribution in [0, 0.1) is 5.41 Å². The van der Waals surface area contributed by atoms with E-state index >= 15 is 0 Å². The Morgan fingerprint density at radius 2 is 1.83 bits per heavy atom. The highest BCUT2D eigenvalue weighted by molar-refractivity contribution is 4.85. The van der Waals surface area contributed by atoms with Crippen LogP contribution in [0.1, 0.15) is 46.5 Å². The maximum Gasteiger partial charge on any atom is 0.0707 e. The standard InChI is InChI=1S/C15H30N2O/c1-14(2)6-5-13(18-14)11-16-12-15(3)7-9-17(4)10-8-15/h13,16H,5-12H2,1-4H3. The van der Waals surface area contributed by atoms with Crippen molar-refractivity contribution in [1.29, 1.82) is 0 Å². The third-order valence-electron chi connectivity index (χ3n) is 4.67. The third kappa shape index (κ3) is 3.94. The summed E-state index contributed by atoms with van der Waals surface area (Å²) in [5, 5.41) is 3.65. The van der Waals surface area contributed by atoms with Gasteiger partial charge in [0.15, 0.2) is 0 Å². The summed E-state index contributed by atoms with van der Waals surface area (Å²) >= 11 is 0. The highest BCUT2D eigenvalue weighted by Crippen LogP contribution is 2.31. The molecule has 0 aliphatic carbocycles. The van der Waals surface area contributed by atoms with Gasteiger partial charge in [0.2, 0.25) is 0 Å². The van der Waals surface area contributed by atoms with E-state index in [1.807, 2.05) is 0 Å². The average Bonchev–Trinajstić information content (AvgIpc) is 2.63. The number of piperidine rings is 1. The lowest BCUT2D eigenvalue weighted by molar-refractivity contribution is -0.0154. The van der Waals surface area contributed by atoms with E-state index in [0.717, 1.165) is 13.1 Å². The summed E-state index contributed by atoms with van der Waals surface area (Å²) in [5.41, 5.74) is 0.588. The Bertz CT molecular complexity index is 270. The van der Waals surface area contributed by atoms with Crippen LogP contribution in [0.3, 0.4) is 0 Å². The van der Waals surface area contributed by atoms with Crippen LogP contribution in [0.25, 0.3) is 0 Å². The van der Waals surface area contributed by atoms with Crippen LogP contribution in [0.5, 0.6) is 0 Å². The second-order valence-electron chi connectivity index (χ2n) is 7.28. The third-order valence-corrected chi connectivity index (χ3v) is 4.67. The molecule has 1 N–H and O–H groups in total. The van der Waals surface area contributed by atoms with Gasteiger partial charge in [-0.25, -0.2) is 0 Å². The van der Waals surface area contributed by atoms with Gasteiger partial charge in [-0.15, -0.1) is 0 Å². The lowest BCUT2D eigenvalue weighted by Crippen LogP contribution is -2.43. The molecule has 0 saturated carbocycles. The number of hydrogen-bond donors (Lipinski definition) is 1. The van der Waals surface area contributed by atoms with Crippen LogP contribution >= 0.6 is 0 Å². The fraction of sp³-hybridized carbons (Fsp3) is 1.00. The molecule has 0 aromatic heterocycles. The van der Waals surface area contributed by atoms with Gasteiger partial charge in [-0.05, 0) is 65.1 Å². The molecule has 0 aromatic carbocycles. The van der Waals surface area contributed by atoms with Crippen LogP contribution in [0.15, 0.2) is 0 Å². The molecule has 2 rings (SSSR count). The van der Waals surface area contributed by atoms with Gasteiger partial charge in [0.05, 0.1) is 11.7 Å². The van der Waals surface area contributed by atoms with Crippen molar-refractivity contribution in [3.8, 4) is 0 Å². The quantitative estimate of drug-likeness (QED) is 0.833. The number of ether oxygens (including phenoxy) is 1. The van der Waals surface area contributed by atoms with Crippen molar-refractivity contribution in [1.82, 2.24) is 10.2 Å². The maximum absolute atomic E-state index is 6.02. The van der Waals surface area contributed by atoms with Crippen LogP contribution in [0.4, 0.5) is 0 Å². The molecule has 18 heavy (non-hydrogen) atoms. The molecule has 3 nitrogen and oxygen atoms in total. The van der Waals surface area contributed by atoms with Gasteiger partial charge in [0, 0.05) is 13.1 Å². The normalized spacial score (nSPS) is 31.7. The second-order valence-corrected chi connectivity index (χ2v) is 7.28. The van der Waals surface area contributed by atoms with E-state index in [1.165, 1.54) is 38.8 Å². The molecule has 0 aromatic rings. The minimum Gasteiger partial charge on any atom is -0.371 e. The molecule has 106 valence electrons. The largest absolute Gasteiger partial charge is 0.371 e. The van der Waals surface area contributed by atoms with E-state index in [0.29, 0.717) is 11.5 Å². The minimum atomic E-state index is 0.101. The Morgan fingerprint density at radius 1 is 1.17 bits per heavy atom. The van der Waals surface area contributed by atoms with Crippen molar-refractivity contribution >= 4 is 0 Å². The van der Waals surface area contributed by atoms with Crippen LogP contribution < -0.4 is 5.32 Å². The summed E-state index contributed by atoms with van der Waals surface area (Å²) in [6, 6.07) is 0. The highest BCUT2D eigenvalue weighted by Gasteiger charge is 2.32. The molecule has 2 aliphatic heterocycles. The molecule has 2 fully saturated rings. The van der Waals surface area contributed by atoms with Gasteiger partial charge in [-0.3, -0.25) is 0 Å². The highest BCUT2D eigenvalue weighted by atomic mass is 16.5. The first-order valence-electron chi connectivity index (χ1n) is 7.46. The molecule has 0 amide bonds. The van der Waals surface area contributed by atoms with Gasteiger partial charge < -0.3 is 15.0 Å². The molecule has 1 unspecified atom stereocenters. The number of nitrogens with one attached hydrogen (secondary N) is 1. The topological polar surface area (TPSA) is 24.5 Å². The number of nitrogens with zero attached hydrogens (tertiary/aromatic N) is 1. The van der Waals surface area contributed by atoms with Crippen molar-refractivity contribution in [3.05, 3.63) is 0 Å². The molecule has 2 saturated heterocycles. The predicted octanol–water partition coefficient (Wildman–Crippen LogP) is 2.27. The van der Waals surface area contributed by atoms with Crippen molar-refractivity contribution in [2.45, 2.75) is 58.2 Å². The zero-order chi connectivity index (χ0) is 13.2. The molecule has 2 aliphatic rings. The van der Waals surface area contributed by atoms with Gasteiger partial charge >= 0.3 is 0 Å². The molecular formula is C15H30N2O. The molecule has 0 bridgehead atoms. The van der Waals surface area contributed by atoms with E-state index in [1.54, 1.807) is 0 Å². The summed E-state index contributed by atoms with van der Waals surface area (Å²) in [5.74, 6) is 0.